The highest BCUT2D eigenvalue weighted by Gasteiger charge is 2.35. The minimum Gasteiger partial charge on any atom is -0.461 e. The first kappa shape index (κ1) is 16.1. The molecular formula is C20H17N3O3. The summed E-state index contributed by atoms with van der Waals surface area (Å²) >= 11 is 0. The minimum absolute atomic E-state index is 0.284. The second-order valence-corrected chi connectivity index (χ2v) is 5.82. The van der Waals surface area contributed by atoms with E-state index in [1.807, 2.05) is 60.7 Å². The first-order valence-corrected chi connectivity index (χ1v) is 8.40. The molecule has 1 aliphatic rings. The molecule has 26 heavy (non-hydrogen) atoms. The Labute approximate surface area is 150 Å². The van der Waals surface area contributed by atoms with Crippen LogP contribution in [0, 0.1) is 0 Å². The van der Waals surface area contributed by atoms with Crippen molar-refractivity contribution < 1.29 is 14.2 Å². The van der Waals surface area contributed by atoms with Gasteiger partial charge < -0.3 is 10.1 Å². The first-order valence-electron chi connectivity index (χ1n) is 8.40. The average Bonchev–Trinajstić information content (AvgIpc) is 3.18. The number of nitrogens with one attached hydrogen (secondary N) is 1. The predicted molar refractivity (Wildman–Crippen MR) is 94.8 cm³/mol. The van der Waals surface area contributed by atoms with Gasteiger partial charge >= 0.3 is 5.97 Å². The van der Waals surface area contributed by atoms with E-state index in [0.717, 1.165) is 11.1 Å². The molecule has 1 atom stereocenters. The van der Waals surface area contributed by atoms with Crippen molar-refractivity contribution in [2.45, 2.75) is 13.0 Å². The molecular weight excluding hydrogens is 330 g/mol. The Kier molecular flexibility index (Phi) is 4.23. The molecule has 4 rings (SSSR count). The summed E-state index contributed by atoms with van der Waals surface area (Å²) in [4.78, 5) is 12.7. The number of carbonyl (C=O) groups is 1. The summed E-state index contributed by atoms with van der Waals surface area (Å²) in [5, 5.41) is 11.5. The Morgan fingerprint density at radius 3 is 2.46 bits per heavy atom. The average molecular weight is 347 g/mol. The maximum atomic E-state index is 12.7. The lowest BCUT2D eigenvalue weighted by Gasteiger charge is -2.26. The van der Waals surface area contributed by atoms with E-state index < -0.39 is 5.97 Å². The van der Waals surface area contributed by atoms with Crippen molar-refractivity contribution in [1.29, 1.82) is 0 Å². The molecule has 1 unspecified atom stereocenters. The van der Waals surface area contributed by atoms with Gasteiger partial charge in [0.2, 0.25) is 0 Å². The lowest BCUT2D eigenvalue weighted by Crippen LogP contribution is -2.33. The molecule has 2 aromatic carbocycles. The van der Waals surface area contributed by atoms with Gasteiger partial charge in [-0.2, -0.15) is 0 Å². The van der Waals surface area contributed by atoms with Gasteiger partial charge in [-0.1, -0.05) is 65.8 Å². The van der Waals surface area contributed by atoms with Gasteiger partial charge in [-0.05, 0) is 23.2 Å². The number of nitrogens with zero attached hydrogens (tertiary/aromatic N) is 2. The summed E-state index contributed by atoms with van der Waals surface area (Å²) in [6.07, 6.45) is 0. The summed E-state index contributed by atoms with van der Waals surface area (Å²) in [6, 6.07) is 18.9. The van der Waals surface area contributed by atoms with Gasteiger partial charge in [0.25, 0.3) is 0 Å². The fourth-order valence-electron chi connectivity index (χ4n) is 3.10. The van der Waals surface area contributed by atoms with Crippen molar-refractivity contribution in [3.8, 4) is 0 Å². The van der Waals surface area contributed by atoms with Crippen LogP contribution in [-0.4, -0.2) is 22.9 Å². The zero-order valence-electron chi connectivity index (χ0n) is 14.2. The molecule has 0 amide bonds. The Hall–Kier alpha value is -3.41. The first-order chi connectivity index (χ1) is 12.8. The fourth-order valence-corrected chi connectivity index (χ4v) is 3.10. The van der Waals surface area contributed by atoms with Crippen molar-refractivity contribution in [1.82, 2.24) is 15.6 Å². The molecule has 0 bridgehead atoms. The van der Waals surface area contributed by atoms with E-state index in [2.05, 4.69) is 15.6 Å². The largest absolute Gasteiger partial charge is 0.461 e. The van der Waals surface area contributed by atoms with Crippen LogP contribution in [0.2, 0.25) is 0 Å². The Balaban J connectivity index is 1.90. The molecule has 1 aliphatic heterocycles. The molecule has 3 aromatic rings. The molecule has 0 spiro atoms. The van der Waals surface area contributed by atoms with Crippen LogP contribution in [0.1, 0.15) is 35.5 Å². The zero-order valence-corrected chi connectivity index (χ0v) is 14.2. The number of aromatic nitrogens is 2. The van der Waals surface area contributed by atoms with E-state index in [1.54, 1.807) is 6.92 Å². The number of benzene rings is 2. The molecule has 6 heteroatoms. The highest BCUT2D eigenvalue weighted by molar-refractivity contribution is 6.02. The van der Waals surface area contributed by atoms with Crippen LogP contribution in [0.25, 0.3) is 5.57 Å². The topological polar surface area (TPSA) is 77.2 Å². The summed E-state index contributed by atoms with van der Waals surface area (Å²) in [7, 11) is 0. The highest BCUT2D eigenvalue weighted by atomic mass is 16.6. The molecule has 0 fully saturated rings. The normalized spacial score (nSPS) is 16.0. The van der Waals surface area contributed by atoms with Crippen molar-refractivity contribution >= 4 is 11.5 Å². The smallest absolute Gasteiger partial charge is 0.355 e. The molecule has 0 saturated heterocycles. The van der Waals surface area contributed by atoms with E-state index in [-0.39, 0.29) is 12.6 Å². The molecule has 0 aliphatic carbocycles. The highest BCUT2D eigenvalue weighted by Crippen LogP contribution is 2.37. The van der Waals surface area contributed by atoms with Crippen molar-refractivity contribution in [2.24, 2.45) is 0 Å². The number of rotatable bonds is 4. The quantitative estimate of drug-likeness (QED) is 0.731. The van der Waals surface area contributed by atoms with E-state index in [4.69, 9.17) is 9.37 Å². The third kappa shape index (κ3) is 2.75. The van der Waals surface area contributed by atoms with Crippen molar-refractivity contribution in [3.63, 3.8) is 0 Å². The van der Waals surface area contributed by atoms with Crippen LogP contribution < -0.4 is 5.32 Å². The predicted octanol–water partition coefficient (Wildman–Crippen LogP) is 3.08. The van der Waals surface area contributed by atoms with E-state index in [9.17, 15) is 4.79 Å². The van der Waals surface area contributed by atoms with E-state index >= 15 is 0 Å². The van der Waals surface area contributed by atoms with Gasteiger partial charge in [0.1, 0.15) is 23.1 Å². The number of hydrogen-bond acceptors (Lipinski definition) is 6. The number of ether oxygens (including phenoxy) is 1. The van der Waals surface area contributed by atoms with Gasteiger partial charge in [-0.15, -0.1) is 0 Å². The number of fused-ring (bicyclic) bond motifs is 1. The van der Waals surface area contributed by atoms with Crippen LogP contribution >= 0.6 is 0 Å². The third-order valence-corrected chi connectivity index (χ3v) is 4.24. The Morgan fingerprint density at radius 1 is 1.08 bits per heavy atom. The lowest BCUT2D eigenvalue weighted by atomic mass is 9.90. The molecule has 0 saturated carbocycles. The van der Waals surface area contributed by atoms with Crippen LogP contribution in [0.3, 0.4) is 0 Å². The Morgan fingerprint density at radius 2 is 1.77 bits per heavy atom. The maximum absolute atomic E-state index is 12.7. The second-order valence-electron chi connectivity index (χ2n) is 5.82. The monoisotopic (exact) mass is 347 g/mol. The molecule has 1 aromatic heterocycles. The second kappa shape index (κ2) is 6.84. The van der Waals surface area contributed by atoms with Gasteiger partial charge in [-0.25, -0.2) is 9.42 Å². The van der Waals surface area contributed by atoms with Crippen LogP contribution in [0.4, 0.5) is 0 Å². The molecule has 2 heterocycles. The summed E-state index contributed by atoms with van der Waals surface area (Å²) in [5.74, 6) is -0.430. The molecule has 130 valence electrons. The summed E-state index contributed by atoms with van der Waals surface area (Å²) in [5.41, 5.74) is 3.97. The molecule has 6 nitrogen and oxygen atoms in total. The number of hydrogen-bond donors (Lipinski definition) is 1. The van der Waals surface area contributed by atoms with Gasteiger partial charge in [0.05, 0.1) is 6.61 Å². The minimum atomic E-state index is -0.430. The zero-order chi connectivity index (χ0) is 17.9. The number of carbonyl (C=O) groups excluding carboxylic acids is 1. The summed E-state index contributed by atoms with van der Waals surface area (Å²) < 4.78 is 10.3. The van der Waals surface area contributed by atoms with Crippen molar-refractivity contribution in [2.75, 3.05) is 6.61 Å². The van der Waals surface area contributed by atoms with Crippen molar-refractivity contribution in [3.05, 3.63) is 88.9 Å². The lowest BCUT2D eigenvalue weighted by molar-refractivity contribution is -0.139. The molecule has 1 N–H and O–H groups in total. The third-order valence-electron chi connectivity index (χ3n) is 4.24. The van der Waals surface area contributed by atoms with E-state index in [0.29, 0.717) is 22.7 Å². The van der Waals surface area contributed by atoms with Gasteiger partial charge in [0, 0.05) is 5.57 Å². The van der Waals surface area contributed by atoms with Crippen LogP contribution in [0.15, 0.2) is 71.0 Å². The molecule has 0 radical (unpaired) electrons. The maximum Gasteiger partial charge on any atom is 0.355 e. The standard InChI is InChI=1S/C20H17N3O3/c1-2-25-20(24)18-15(13-9-5-3-6-10-13)17-19(23-26-22-17)16(21-18)14-11-7-4-8-12-14/h3-12,16,21H,2H2,1H3. The SMILES string of the molecule is CCOC(=O)C1=C(c2ccccc2)c2nonc2C(c2ccccc2)N1. The van der Waals surface area contributed by atoms with Crippen LogP contribution in [0.5, 0.6) is 0 Å². The van der Waals surface area contributed by atoms with Gasteiger partial charge in [-0.3, -0.25) is 0 Å². The van der Waals surface area contributed by atoms with Crippen LogP contribution in [-0.2, 0) is 9.53 Å². The van der Waals surface area contributed by atoms with E-state index in [1.165, 1.54) is 0 Å². The van der Waals surface area contributed by atoms with Gasteiger partial charge in [0.15, 0.2) is 0 Å². The summed E-state index contributed by atoms with van der Waals surface area (Å²) in [6.45, 7) is 2.06. The number of esters is 1. The fraction of sp³-hybridized carbons (Fsp3) is 0.150. The Bertz CT molecular complexity index is 949.